The van der Waals surface area contributed by atoms with E-state index in [0.29, 0.717) is 12.2 Å². The molecule has 7 heteroatoms. The van der Waals surface area contributed by atoms with E-state index in [9.17, 15) is 8.76 Å². The second-order valence-electron chi connectivity index (χ2n) is 6.43. The van der Waals surface area contributed by atoms with Gasteiger partial charge in [-0.1, -0.05) is 82.0 Å². The fourth-order valence-electron chi connectivity index (χ4n) is 3.30. The zero-order valence-corrected chi connectivity index (χ0v) is 17.1. The summed E-state index contributed by atoms with van der Waals surface area (Å²) in [5, 5.41) is 0.550. The van der Waals surface area contributed by atoms with Crippen LogP contribution in [-0.4, -0.2) is 11.1 Å². The van der Waals surface area contributed by atoms with Crippen molar-refractivity contribution >= 4 is 39.3 Å². The number of ether oxygens (including phenoxy) is 1. The normalized spacial score (nSPS) is 21.4. The summed E-state index contributed by atoms with van der Waals surface area (Å²) in [4.78, 5) is 0.204. The number of hydrogen-bond donors (Lipinski definition) is 0. The molecule has 2 unspecified atom stereocenters. The summed E-state index contributed by atoms with van der Waals surface area (Å²) in [6.45, 7) is 0.458. The van der Waals surface area contributed by atoms with Crippen LogP contribution in [0.4, 0.5) is 5.69 Å². The minimum absolute atomic E-state index is 0.0929. The Morgan fingerprint density at radius 1 is 0.964 bits per heavy atom. The molecule has 144 valence electrons. The standard InChI is InChI=1S/C21H17Cl2NO3S/c22-17-10-6-11-18(23)21(17)24-13-19(27-14-15-7-2-1-3-8-15)16-9-4-5-12-20(16)28(24,25)26/h1-12,19H,13-14H2. The number of anilines is 1. The lowest BCUT2D eigenvalue weighted by molar-refractivity contribution is 0.0425. The van der Waals surface area contributed by atoms with Gasteiger partial charge in [-0.05, 0) is 23.8 Å². The molecule has 0 aliphatic carbocycles. The van der Waals surface area contributed by atoms with Gasteiger partial charge >= 0.3 is 0 Å². The SMILES string of the molecule is O=[S+]1([O-])c2ccccc2C(OCc2ccccc2)CN1c1c(Cl)cccc1Cl. The molecule has 4 nitrogen and oxygen atoms in total. The highest BCUT2D eigenvalue weighted by molar-refractivity contribution is 7.99. The number of rotatable bonds is 4. The number of fused-ring (bicyclic) bond motifs is 1. The molecule has 0 amide bonds. The maximum Gasteiger partial charge on any atom is 0.186 e. The largest absolute Gasteiger partial charge is 0.588 e. The van der Waals surface area contributed by atoms with E-state index in [2.05, 4.69) is 0 Å². The quantitative estimate of drug-likeness (QED) is 0.497. The van der Waals surface area contributed by atoms with Gasteiger partial charge in [0.05, 0.1) is 23.2 Å². The van der Waals surface area contributed by atoms with Crippen molar-refractivity contribution in [3.8, 4) is 0 Å². The van der Waals surface area contributed by atoms with E-state index < -0.39 is 16.5 Å². The van der Waals surface area contributed by atoms with Gasteiger partial charge < -0.3 is 9.29 Å². The van der Waals surface area contributed by atoms with Crippen LogP contribution < -0.4 is 4.31 Å². The molecule has 0 N–H and O–H groups in total. The predicted molar refractivity (Wildman–Crippen MR) is 111 cm³/mol. The van der Waals surface area contributed by atoms with E-state index in [-0.39, 0.29) is 27.2 Å². The van der Waals surface area contributed by atoms with E-state index in [0.717, 1.165) is 5.56 Å². The molecule has 0 saturated carbocycles. The zero-order valence-electron chi connectivity index (χ0n) is 14.8. The summed E-state index contributed by atoms with van der Waals surface area (Å²) in [6.07, 6.45) is -0.452. The molecule has 1 heterocycles. The van der Waals surface area contributed by atoms with Crippen LogP contribution in [0, 0.1) is 0 Å². The van der Waals surface area contributed by atoms with Gasteiger partial charge in [0.25, 0.3) is 0 Å². The van der Waals surface area contributed by atoms with E-state index in [1.807, 2.05) is 36.4 Å². The number of hydrogen-bond acceptors (Lipinski definition) is 3. The number of nitrogens with zero attached hydrogens (tertiary/aromatic N) is 1. The summed E-state index contributed by atoms with van der Waals surface area (Å²) < 4.78 is 33.9. The fourth-order valence-corrected chi connectivity index (χ4v) is 5.76. The average molecular weight is 434 g/mol. The maximum atomic E-state index is 13.3. The van der Waals surface area contributed by atoms with E-state index in [1.165, 1.54) is 4.31 Å². The number of para-hydroxylation sites is 1. The van der Waals surface area contributed by atoms with Crippen LogP contribution in [0.15, 0.2) is 77.7 Å². The Labute approximate surface area is 175 Å². The summed E-state index contributed by atoms with van der Waals surface area (Å²) in [6, 6.07) is 21.6. The van der Waals surface area contributed by atoms with Crippen LogP contribution in [0.1, 0.15) is 17.2 Å². The van der Waals surface area contributed by atoms with Gasteiger partial charge in [-0.15, -0.1) is 0 Å². The Hall–Kier alpha value is -1.89. The first-order valence-corrected chi connectivity index (χ1v) is 10.9. The summed E-state index contributed by atoms with van der Waals surface area (Å²) in [7, 11) is -3.81. The molecule has 4 rings (SSSR count). The van der Waals surface area contributed by atoms with Crippen LogP contribution in [0.3, 0.4) is 0 Å². The third-order valence-corrected chi connectivity index (χ3v) is 7.10. The number of benzene rings is 3. The zero-order chi connectivity index (χ0) is 19.7. The van der Waals surface area contributed by atoms with E-state index in [1.54, 1.807) is 36.4 Å². The van der Waals surface area contributed by atoms with Gasteiger partial charge in [-0.3, -0.25) is 0 Å². The Balaban J connectivity index is 1.75. The minimum Gasteiger partial charge on any atom is -0.588 e. The molecule has 3 aromatic rings. The Morgan fingerprint density at radius 3 is 2.32 bits per heavy atom. The number of halogens is 2. The Bertz CT molecular complexity index is 1020. The highest BCUT2D eigenvalue weighted by Gasteiger charge is 2.43. The number of sulfonamides is 1. The van der Waals surface area contributed by atoms with Crippen molar-refractivity contribution < 1.29 is 13.5 Å². The molecular formula is C21H17Cl2NO3S. The molecule has 0 spiro atoms. The van der Waals surface area contributed by atoms with Gasteiger partial charge in [-0.2, -0.15) is 4.31 Å². The van der Waals surface area contributed by atoms with Gasteiger partial charge in [0.15, 0.2) is 15.3 Å². The Kier molecular flexibility index (Phi) is 5.45. The molecule has 0 bridgehead atoms. The summed E-state index contributed by atoms with van der Waals surface area (Å²) >= 11 is 12.6. The summed E-state index contributed by atoms with van der Waals surface area (Å²) in [5.41, 5.74) is 1.92. The fraction of sp³-hybridized carbons (Fsp3) is 0.143. The third-order valence-electron chi connectivity index (χ3n) is 4.65. The van der Waals surface area contributed by atoms with Gasteiger partial charge in [0.2, 0.25) is 0 Å². The van der Waals surface area contributed by atoms with Crippen molar-refractivity contribution in [2.75, 3.05) is 10.8 Å². The monoisotopic (exact) mass is 433 g/mol. The second-order valence-corrected chi connectivity index (χ2v) is 9.07. The van der Waals surface area contributed by atoms with Crippen LogP contribution in [0.5, 0.6) is 0 Å². The molecule has 3 aromatic carbocycles. The van der Waals surface area contributed by atoms with Crippen molar-refractivity contribution in [3.05, 3.63) is 94.0 Å². The topological polar surface area (TPSA) is 52.6 Å². The van der Waals surface area contributed by atoms with Crippen LogP contribution >= 0.6 is 23.2 Å². The van der Waals surface area contributed by atoms with Crippen molar-refractivity contribution in [3.63, 3.8) is 0 Å². The second kappa shape index (κ2) is 7.85. The van der Waals surface area contributed by atoms with Gasteiger partial charge in [0, 0.05) is 5.56 Å². The lowest BCUT2D eigenvalue weighted by Crippen LogP contribution is -2.45. The highest BCUT2D eigenvalue weighted by Crippen LogP contribution is 2.44. The third kappa shape index (κ3) is 3.56. The van der Waals surface area contributed by atoms with Crippen LogP contribution in [0.25, 0.3) is 0 Å². The first-order chi connectivity index (χ1) is 13.5. The first-order valence-electron chi connectivity index (χ1n) is 8.69. The van der Waals surface area contributed by atoms with Gasteiger partial charge in [0.1, 0.15) is 11.8 Å². The van der Waals surface area contributed by atoms with Crippen LogP contribution in [-0.2, 0) is 26.0 Å². The van der Waals surface area contributed by atoms with Gasteiger partial charge in [-0.25, -0.2) is 0 Å². The lowest BCUT2D eigenvalue weighted by Gasteiger charge is -2.38. The molecule has 28 heavy (non-hydrogen) atoms. The first kappa shape index (κ1) is 19.4. The predicted octanol–water partition coefficient (Wildman–Crippen LogP) is 5.68. The minimum atomic E-state index is -3.81. The molecule has 2 atom stereocenters. The van der Waals surface area contributed by atoms with Crippen molar-refractivity contribution in [1.82, 2.24) is 0 Å². The average Bonchev–Trinajstić information content (AvgIpc) is 2.69. The summed E-state index contributed by atoms with van der Waals surface area (Å²) in [5.74, 6) is 0. The molecule has 0 radical (unpaired) electrons. The molecular weight excluding hydrogens is 417 g/mol. The Morgan fingerprint density at radius 2 is 1.61 bits per heavy atom. The molecule has 0 fully saturated rings. The van der Waals surface area contributed by atoms with Crippen LogP contribution in [0.2, 0.25) is 10.0 Å². The lowest BCUT2D eigenvalue weighted by atomic mass is 10.1. The van der Waals surface area contributed by atoms with E-state index >= 15 is 0 Å². The molecule has 0 aromatic heterocycles. The molecule has 1 aliphatic heterocycles. The maximum absolute atomic E-state index is 13.3. The van der Waals surface area contributed by atoms with E-state index in [4.69, 9.17) is 27.9 Å². The highest BCUT2D eigenvalue weighted by atomic mass is 35.5. The smallest absolute Gasteiger partial charge is 0.186 e. The van der Waals surface area contributed by atoms with Crippen molar-refractivity contribution in [2.45, 2.75) is 17.6 Å². The van der Waals surface area contributed by atoms with Crippen molar-refractivity contribution in [1.29, 1.82) is 0 Å². The molecule has 0 saturated heterocycles. The molecule has 1 aliphatic rings. The van der Waals surface area contributed by atoms with Crippen molar-refractivity contribution in [2.24, 2.45) is 0 Å².